The molecule has 3 nitrogen and oxygen atoms in total. The van der Waals surface area contributed by atoms with E-state index in [-0.39, 0.29) is 15.7 Å². The molecule has 100 valence electrons. The molecule has 0 spiro atoms. The summed E-state index contributed by atoms with van der Waals surface area (Å²) < 4.78 is 25.0. The molecule has 2 rings (SSSR count). The average Bonchev–Trinajstić information content (AvgIpc) is 2.81. The first-order chi connectivity index (χ1) is 8.97. The predicted octanol–water partition coefficient (Wildman–Crippen LogP) is 3.55. The summed E-state index contributed by atoms with van der Waals surface area (Å²) >= 11 is 6.69. The van der Waals surface area contributed by atoms with E-state index in [1.54, 1.807) is 6.07 Å². The van der Waals surface area contributed by atoms with Crippen LogP contribution in [0.15, 0.2) is 35.2 Å². The number of hydrogen-bond donors (Lipinski definition) is 1. The maximum atomic E-state index is 13.0. The molecule has 1 atom stereocenters. The fraction of sp³-hybridized carbons (Fsp3) is 0.0833. The minimum Gasteiger partial charge on any atom is -0.477 e. The van der Waals surface area contributed by atoms with Crippen LogP contribution in [0.2, 0.25) is 5.02 Å². The van der Waals surface area contributed by atoms with Crippen molar-refractivity contribution in [3.63, 3.8) is 0 Å². The van der Waals surface area contributed by atoms with Gasteiger partial charge < -0.3 is 5.11 Å². The van der Waals surface area contributed by atoms with E-state index < -0.39 is 22.6 Å². The van der Waals surface area contributed by atoms with Crippen molar-refractivity contribution in [1.82, 2.24) is 0 Å². The lowest BCUT2D eigenvalue weighted by Gasteiger charge is -2.02. The van der Waals surface area contributed by atoms with Crippen molar-refractivity contribution in [2.45, 2.75) is 10.6 Å². The number of aromatic carboxylic acids is 1. The third kappa shape index (κ3) is 3.40. The van der Waals surface area contributed by atoms with Gasteiger partial charge in [0.2, 0.25) is 0 Å². The second-order valence-electron chi connectivity index (χ2n) is 3.64. The Morgan fingerprint density at radius 2 is 2.11 bits per heavy atom. The molecule has 1 aromatic heterocycles. The van der Waals surface area contributed by atoms with Crippen LogP contribution in [0.5, 0.6) is 0 Å². The Morgan fingerprint density at radius 1 is 1.37 bits per heavy atom. The van der Waals surface area contributed by atoms with Crippen molar-refractivity contribution in [3.05, 3.63) is 50.9 Å². The van der Waals surface area contributed by atoms with Crippen LogP contribution in [-0.2, 0) is 16.6 Å². The van der Waals surface area contributed by atoms with Crippen molar-refractivity contribution in [2.24, 2.45) is 0 Å². The summed E-state index contributed by atoms with van der Waals surface area (Å²) in [5.74, 6) is -1.39. The number of halogens is 2. The van der Waals surface area contributed by atoms with Gasteiger partial charge >= 0.3 is 5.97 Å². The van der Waals surface area contributed by atoms with E-state index in [4.69, 9.17) is 16.7 Å². The highest BCUT2D eigenvalue weighted by Crippen LogP contribution is 2.23. The second kappa shape index (κ2) is 5.81. The molecule has 1 heterocycles. The Bertz CT molecular complexity index is 654. The number of carboxylic acids is 1. The van der Waals surface area contributed by atoms with Gasteiger partial charge in [-0.2, -0.15) is 0 Å². The molecule has 0 saturated carbocycles. The second-order valence-corrected chi connectivity index (χ2v) is 6.66. The first kappa shape index (κ1) is 14.2. The number of carboxylic acid groups (broad SMARTS) is 1. The summed E-state index contributed by atoms with van der Waals surface area (Å²) in [5, 5.41) is 8.71. The van der Waals surface area contributed by atoms with Crippen molar-refractivity contribution in [1.29, 1.82) is 0 Å². The molecule has 19 heavy (non-hydrogen) atoms. The van der Waals surface area contributed by atoms with Gasteiger partial charge in [-0.25, -0.2) is 9.18 Å². The van der Waals surface area contributed by atoms with Crippen LogP contribution in [0.25, 0.3) is 0 Å². The van der Waals surface area contributed by atoms with E-state index in [0.717, 1.165) is 17.4 Å². The number of hydrogen-bond acceptors (Lipinski definition) is 3. The van der Waals surface area contributed by atoms with E-state index >= 15 is 0 Å². The molecule has 0 amide bonds. The zero-order valence-electron chi connectivity index (χ0n) is 9.43. The van der Waals surface area contributed by atoms with Crippen LogP contribution in [0, 0.1) is 5.82 Å². The maximum Gasteiger partial charge on any atom is 0.345 e. The third-order valence-electron chi connectivity index (χ3n) is 2.30. The van der Waals surface area contributed by atoms with Gasteiger partial charge in [-0.05, 0) is 30.3 Å². The van der Waals surface area contributed by atoms with Crippen molar-refractivity contribution < 1.29 is 18.5 Å². The van der Waals surface area contributed by atoms with Crippen LogP contribution in [0.3, 0.4) is 0 Å². The van der Waals surface area contributed by atoms with E-state index in [1.165, 1.54) is 18.2 Å². The SMILES string of the molecule is O=C(O)c1ccc(CS(=O)c2ccc(F)c(Cl)c2)s1. The van der Waals surface area contributed by atoms with Crippen molar-refractivity contribution in [2.75, 3.05) is 0 Å². The highest BCUT2D eigenvalue weighted by atomic mass is 35.5. The fourth-order valence-electron chi connectivity index (χ4n) is 1.40. The molecule has 2 aromatic rings. The topological polar surface area (TPSA) is 54.4 Å². The van der Waals surface area contributed by atoms with Gasteiger partial charge in [0.25, 0.3) is 0 Å². The predicted molar refractivity (Wildman–Crippen MR) is 72.8 cm³/mol. The number of rotatable bonds is 4. The molecule has 7 heteroatoms. The zero-order chi connectivity index (χ0) is 14.0. The normalized spacial score (nSPS) is 12.3. The third-order valence-corrected chi connectivity index (χ3v) is 5.20. The van der Waals surface area contributed by atoms with Crippen molar-refractivity contribution >= 4 is 39.7 Å². The summed E-state index contributed by atoms with van der Waals surface area (Å²) in [6.07, 6.45) is 0. The molecule has 1 N–H and O–H groups in total. The quantitative estimate of drug-likeness (QED) is 0.938. The summed E-state index contributed by atoms with van der Waals surface area (Å²) in [6.45, 7) is 0. The maximum absolute atomic E-state index is 13.0. The summed E-state index contributed by atoms with van der Waals surface area (Å²) in [5.41, 5.74) is 0. The summed E-state index contributed by atoms with van der Waals surface area (Å²) in [6, 6.07) is 6.97. The van der Waals surface area contributed by atoms with E-state index in [2.05, 4.69) is 0 Å². The van der Waals surface area contributed by atoms with Gasteiger partial charge in [0.05, 0.1) is 21.6 Å². The Kier molecular flexibility index (Phi) is 4.34. The van der Waals surface area contributed by atoms with Crippen LogP contribution >= 0.6 is 22.9 Å². The van der Waals surface area contributed by atoms with Crippen molar-refractivity contribution in [3.8, 4) is 0 Å². The van der Waals surface area contributed by atoms with E-state index in [9.17, 15) is 13.4 Å². The first-order valence-electron chi connectivity index (χ1n) is 5.13. The van der Waals surface area contributed by atoms with Gasteiger partial charge in [0.15, 0.2) is 0 Å². The monoisotopic (exact) mass is 318 g/mol. The fourth-order valence-corrected chi connectivity index (χ4v) is 3.84. The van der Waals surface area contributed by atoms with Crippen LogP contribution < -0.4 is 0 Å². The number of thiophene rings is 1. The lowest BCUT2D eigenvalue weighted by molar-refractivity contribution is 0.0702. The first-order valence-corrected chi connectivity index (χ1v) is 7.64. The van der Waals surface area contributed by atoms with E-state index in [1.807, 2.05) is 0 Å². The Balaban J connectivity index is 2.15. The van der Waals surface area contributed by atoms with Gasteiger partial charge in [0, 0.05) is 9.77 Å². The molecule has 0 fully saturated rings. The van der Waals surface area contributed by atoms with Gasteiger partial charge in [-0.3, -0.25) is 4.21 Å². The molecule has 0 aliphatic rings. The molecule has 0 radical (unpaired) electrons. The Labute approximate surface area is 120 Å². The molecule has 0 aliphatic carbocycles. The largest absolute Gasteiger partial charge is 0.477 e. The molecule has 1 unspecified atom stereocenters. The molecular formula is C12H8ClFO3S2. The highest BCUT2D eigenvalue weighted by molar-refractivity contribution is 7.84. The Morgan fingerprint density at radius 3 is 2.68 bits per heavy atom. The average molecular weight is 319 g/mol. The van der Waals surface area contributed by atoms with Gasteiger partial charge in [-0.15, -0.1) is 11.3 Å². The van der Waals surface area contributed by atoms with Gasteiger partial charge in [-0.1, -0.05) is 11.6 Å². The zero-order valence-corrected chi connectivity index (χ0v) is 11.8. The van der Waals surface area contributed by atoms with Crippen LogP contribution in [0.4, 0.5) is 4.39 Å². The van der Waals surface area contributed by atoms with E-state index in [0.29, 0.717) is 9.77 Å². The minimum absolute atomic E-state index is 0.0803. The van der Waals surface area contributed by atoms with Gasteiger partial charge in [0.1, 0.15) is 10.7 Å². The van der Waals surface area contributed by atoms with Crippen LogP contribution in [0.1, 0.15) is 14.5 Å². The smallest absolute Gasteiger partial charge is 0.345 e. The number of carbonyl (C=O) groups is 1. The Hall–Kier alpha value is -1.24. The standard InChI is InChI=1S/C12H8ClFO3S2/c13-9-5-8(2-3-10(9)14)19(17)6-7-1-4-11(18-7)12(15)16/h1-5H,6H2,(H,15,16). The highest BCUT2D eigenvalue weighted by Gasteiger charge is 2.12. The summed E-state index contributed by atoms with van der Waals surface area (Å²) in [7, 11) is -1.39. The number of benzene rings is 1. The lowest BCUT2D eigenvalue weighted by Crippen LogP contribution is -1.95. The molecule has 0 aliphatic heterocycles. The van der Waals surface area contributed by atoms with Crippen LogP contribution in [-0.4, -0.2) is 15.3 Å². The lowest BCUT2D eigenvalue weighted by atomic mass is 10.3. The molecule has 1 aromatic carbocycles. The summed E-state index contributed by atoms with van der Waals surface area (Å²) in [4.78, 5) is 12.0. The molecule has 0 bridgehead atoms. The molecular weight excluding hydrogens is 311 g/mol. The minimum atomic E-state index is -1.39. The molecule has 0 saturated heterocycles.